The molecule has 1 aliphatic heterocycles. The number of ketones is 1. The van der Waals surface area contributed by atoms with Crippen LogP contribution in [-0.2, 0) is 4.79 Å². The average molecular weight is 207 g/mol. The number of amidine groups is 1. The zero-order chi connectivity index (χ0) is 11.3. The number of rotatable bonds is 4. The molecule has 4 nitrogen and oxygen atoms in total. The van der Waals surface area contributed by atoms with Gasteiger partial charge in [0.15, 0.2) is 0 Å². The summed E-state index contributed by atoms with van der Waals surface area (Å²) in [6.45, 7) is 4.59. The highest BCUT2D eigenvalue weighted by molar-refractivity contribution is 5.86. The van der Waals surface area contributed by atoms with Crippen molar-refractivity contribution in [1.82, 2.24) is 4.90 Å². The number of hydrogen-bond donors (Lipinski definition) is 0. The molecule has 4 heteroatoms. The van der Waals surface area contributed by atoms with E-state index in [0.717, 1.165) is 31.6 Å². The number of nitriles is 1. The second-order valence-electron chi connectivity index (χ2n) is 3.92. The summed E-state index contributed by atoms with van der Waals surface area (Å²) in [5.41, 5.74) is 0. The first kappa shape index (κ1) is 11.7. The van der Waals surface area contributed by atoms with E-state index in [-0.39, 0.29) is 11.8 Å². The Labute approximate surface area is 90.6 Å². The molecule has 1 aliphatic rings. The zero-order valence-corrected chi connectivity index (χ0v) is 9.36. The molecule has 1 atom stereocenters. The van der Waals surface area contributed by atoms with E-state index in [2.05, 4.69) is 16.8 Å². The van der Waals surface area contributed by atoms with E-state index in [1.165, 1.54) is 0 Å². The number of carbonyl (C=O) groups is 1. The number of nitrogens with zero attached hydrogens (tertiary/aromatic N) is 3. The maximum absolute atomic E-state index is 11.1. The monoisotopic (exact) mass is 207 g/mol. The predicted octanol–water partition coefficient (Wildman–Crippen LogP) is 1.72. The molecule has 0 saturated carbocycles. The minimum absolute atomic E-state index is 0.208. The maximum atomic E-state index is 11.1. The lowest BCUT2D eigenvalue weighted by molar-refractivity contribution is -0.117. The third-order valence-electron chi connectivity index (χ3n) is 2.64. The normalized spacial score (nSPS) is 23.1. The molecule has 0 N–H and O–H groups in total. The van der Waals surface area contributed by atoms with Crippen LogP contribution in [0.25, 0.3) is 0 Å². The summed E-state index contributed by atoms with van der Waals surface area (Å²) < 4.78 is 0. The van der Waals surface area contributed by atoms with Gasteiger partial charge >= 0.3 is 0 Å². The molecule has 1 heterocycles. The molecule has 1 fully saturated rings. The van der Waals surface area contributed by atoms with Gasteiger partial charge in [0.25, 0.3) is 0 Å². The van der Waals surface area contributed by atoms with Crippen molar-refractivity contribution in [3.63, 3.8) is 0 Å². The molecule has 0 bridgehead atoms. The third-order valence-corrected chi connectivity index (χ3v) is 2.64. The fourth-order valence-corrected chi connectivity index (χ4v) is 2.08. The first-order valence-electron chi connectivity index (χ1n) is 5.40. The number of carbonyl (C=O) groups excluding carboxylic acids is 1. The lowest BCUT2D eigenvalue weighted by Crippen LogP contribution is -2.34. The van der Waals surface area contributed by atoms with E-state index in [1.54, 1.807) is 6.92 Å². The predicted molar refractivity (Wildman–Crippen MR) is 58.4 cm³/mol. The smallest absolute Gasteiger partial charge is 0.207 e. The molecule has 0 aromatic heterocycles. The van der Waals surface area contributed by atoms with E-state index in [4.69, 9.17) is 5.26 Å². The van der Waals surface area contributed by atoms with Crippen molar-refractivity contribution in [2.24, 2.45) is 4.99 Å². The van der Waals surface area contributed by atoms with Crippen molar-refractivity contribution in [3.05, 3.63) is 0 Å². The Bertz CT molecular complexity index is 303. The fraction of sp³-hybridized carbons (Fsp3) is 0.727. The maximum Gasteiger partial charge on any atom is 0.207 e. The molecule has 0 amide bonds. The molecule has 1 rings (SSSR count). The van der Waals surface area contributed by atoms with Gasteiger partial charge in [-0.3, -0.25) is 4.79 Å². The molecular formula is C11H17N3O. The van der Waals surface area contributed by atoms with Crippen LogP contribution in [0.5, 0.6) is 0 Å². The van der Waals surface area contributed by atoms with Crippen LogP contribution in [0.1, 0.15) is 39.5 Å². The Balaban J connectivity index is 2.71. The van der Waals surface area contributed by atoms with Crippen LogP contribution >= 0.6 is 0 Å². The molecule has 0 aliphatic carbocycles. The van der Waals surface area contributed by atoms with E-state index in [9.17, 15) is 4.79 Å². The first-order valence-corrected chi connectivity index (χ1v) is 5.40. The highest BCUT2D eigenvalue weighted by Gasteiger charge is 2.29. The highest BCUT2D eigenvalue weighted by atomic mass is 16.1. The molecule has 15 heavy (non-hydrogen) atoms. The summed E-state index contributed by atoms with van der Waals surface area (Å²) in [4.78, 5) is 17.0. The van der Waals surface area contributed by atoms with Gasteiger partial charge in [0.05, 0.1) is 0 Å². The van der Waals surface area contributed by atoms with Crippen LogP contribution in [0, 0.1) is 11.5 Å². The van der Waals surface area contributed by atoms with E-state index in [0.29, 0.717) is 6.42 Å². The number of likely N-dealkylation sites (tertiary alicyclic amines) is 1. The minimum Gasteiger partial charge on any atom is -0.356 e. The highest BCUT2D eigenvalue weighted by Crippen LogP contribution is 2.22. The zero-order valence-electron chi connectivity index (χ0n) is 9.36. The van der Waals surface area contributed by atoms with Gasteiger partial charge < -0.3 is 4.90 Å². The first-order chi connectivity index (χ1) is 7.19. The van der Waals surface area contributed by atoms with Gasteiger partial charge in [0.1, 0.15) is 11.6 Å². The molecule has 1 unspecified atom stereocenters. The molecule has 0 aromatic carbocycles. The van der Waals surface area contributed by atoms with E-state index >= 15 is 0 Å². The summed E-state index contributed by atoms with van der Waals surface area (Å²) >= 11 is 0. The van der Waals surface area contributed by atoms with Crippen LogP contribution < -0.4 is 0 Å². The average Bonchev–Trinajstić information content (AvgIpc) is 2.51. The molecule has 0 aromatic rings. The third kappa shape index (κ3) is 3.05. The number of hydrogen-bond acceptors (Lipinski definition) is 3. The van der Waals surface area contributed by atoms with Gasteiger partial charge in [0, 0.05) is 25.4 Å². The van der Waals surface area contributed by atoms with E-state index in [1.807, 2.05) is 6.19 Å². The lowest BCUT2D eigenvalue weighted by atomic mass is 10.1. The summed E-state index contributed by atoms with van der Waals surface area (Å²) in [6.07, 6.45) is 5.19. The van der Waals surface area contributed by atoms with Gasteiger partial charge in [0.2, 0.25) is 6.19 Å². The summed E-state index contributed by atoms with van der Waals surface area (Å²) in [5.74, 6) is 1.06. The van der Waals surface area contributed by atoms with Crippen LogP contribution in [0.2, 0.25) is 0 Å². The van der Waals surface area contributed by atoms with Gasteiger partial charge in [-0.25, -0.2) is 0 Å². The standard InChI is InChI=1S/C11H17N3O/c1-3-6-14-10(7-9(2)15)4-5-11(14)13-8-12/h10H,3-7H2,1-2H3. The lowest BCUT2D eigenvalue weighted by Gasteiger charge is -2.25. The SMILES string of the molecule is CCCN1C(=NC#N)CCC1CC(C)=O. The molecule has 0 radical (unpaired) electrons. The van der Waals surface area contributed by atoms with Crippen molar-refractivity contribution in [2.75, 3.05) is 6.54 Å². The van der Waals surface area contributed by atoms with Crippen molar-refractivity contribution < 1.29 is 4.79 Å². The Hall–Kier alpha value is -1.37. The second-order valence-corrected chi connectivity index (χ2v) is 3.92. The molecular weight excluding hydrogens is 190 g/mol. The van der Waals surface area contributed by atoms with Crippen LogP contribution in [0.3, 0.4) is 0 Å². The summed E-state index contributed by atoms with van der Waals surface area (Å²) in [7, 11) is 0. The molecule has 82 valence electrons. The van der Waals surface area contributed by atoms with Gasteiger partial charge in [-0.15, -0.1) is 0 Å². The second kappa shape index (κ2) is 5.50. The van der Waals surface area contributed by atoms with Crippen molar-refractivity contribution in [1.29, 1.82) is 5.26 Å². The topological polar surface area (TPSA) is 56.5 Å². The largest absolute Gasteiger partial charge is 0.356 e. The number of aliphatic imine (C=N–C) groups is 1. The number of Topliss-reactive ketones (excluding diaryl/α,β-unsaturated/α-hetero) is 1. The van der Waals surface area contributed by atoms with Crippen LogP contribution in [0.4, 0.5) is 0 Å². The quantitative estimate of drug-likeness (QED) is 0.659. The Morgan fingerprint density at radius 2 is 2.47 bits per heavy atom. The Morgan fingerprint density at radius 3 is 3.00 bits per heavy atom. The summed E-state index contributed by atoms with van der Waals surface area (Å²) in [6, 6.07) is 0.259. The Kier molecular flexibility index (Phi) is 4.29. The fourth-order valence-electron chi connectivity index (χ4n) is 2.08. The van der Waals surface area contributed by atoms with Crippen molar-refractivity contribution >= 4 is 11.6 Å². The van der Waals surface area contributed by atoms with Crippen molar-refractivity contribution in [3.8, 4) is 6.19 Å². The molecule has 0 spiro atoms. The van der Waals surface area contributed by atoms with Gasteiger partial charge in [-0.2, -0.15) is 10.3 Å². The van der Waals surface area contributed by atoms with Crippen LogP contribution in [-0.4, -0.2) is 29.1 Å². The summed E-state index contributed by atoms with van der Waals surface area (Å²) in [5, 5.41) is 8.55. The van der Waals surface area contributed by atoms with Gasteiger partial charge in [-0.05, 0) is 19.8 Å². The van der Waals surface area contributed by atoms with Crippen molar-refractivity contribution in [2.45, 2.75) is 45.6 Å². The van der Waals surface area contributed by atoms with Gasteiger partial charge in [-0.1, -0.05) is 6.92 Å². The van der Waals surface area contributed by atoms with Crippen LogP contribution in [0.15, 0.2) is 4.99 Å². The minimum atomic E-state index is 0.208. The Morgan fingerprint density at radius 1 is 1.73 bits per heavy atom. The molecule has 1 saturated heterocycles. The van der Waals surface area contributed by atoms with E-state index < -0.39 is 0 Å².